The lowest BCUT2D eigenvalue weighted by Gasteiger charge is -2.61. The molecule has 0 radical (unpaired) electrons. The van der Waals surface area contributed by atoms with E-state index < -0.39 is 0 Å². The Morgan fingerprint density at radius 2 is 1.59 bits per heavy atom. The zero-order valence-electron chi connectivity index (χ0n) is 19.0. The van der Waals surface area contributed by atoms with Crippen LogP contribution in [0.5, 0.6) is 0 Å². The quantitative estimate of drug-likeness (QED) is 0.437. The van der Waals surface area contributed by atoms with Crippen LogP contribution >= 0.6 is 0 Å². The lowest BCUT2D eigenvalue weighted by Crippen LogP contribution is -2.53. The molecule has 0 aliphatic heterocycles. The molecular formula is C27H46. The fourth-order valence-corrected chi connectivity index (χ4v) is 9.00. The van der Waals surface area contributed by atoms with E-state index in [4.69, 9.17) is 0 Å². The van der Waals surface area contributed by atoms with Crippen LogP contribution in [0.3, 0.4) is 0 Å². The normalized spacial score (nSPS) is 48.3. The van der Waals surface area contributed by atoms with Crippen LogP contribution in [-0.4, -0.2) is 0 Å². The molecule has 0 N–H and O–H groups in total. The fraction of sp³-hybridized carbons (Fsp3) is 0.926. The summed E-state index contributed by atoms with van der Waals surface area (Å²) in [5, 5.41) is 0. The molecule has 4 rings (SSSR count). The van der Waals surface area contributed by atoms with Gasteiger partial charge in [-0.05, 0) is 110 Å². The summed E-state index contributed by atoms with van der Waals surface area (Å²) < 4.78 is 0. The van der Waals surface area contributed by atoms with Crippen LogP contribution in [0, 0.1) is 52.3 Å². The summed E-state index contributed by atoms with van der Waals surface area (Å²) in [5.74, 6) is 6.76. The van der Waals surface area contributed by atoms with Gasteiger partial charge in [0.25, 0.3) is 0 Å². The van der Waals surface area contributed by atoms with E-state index >= 15 is 0 Å². The van der Waals surface area contributed by atoms with Gasteiger partial charge in [0.05, 0.1) is 0 Å². The Hall–Kier alpha value is -0.260. The first kappa shape index (κ1) is 20.0. The Morgan fingerprint density at radius 3 is 2.37 bits per heavy atom. The molecule has 0 amide bonds. The average molecular weight is 371 g/mol. The molecule has 4 fully saturated rings. The van der Waals surface area contributed by atoms with E-state index in [9.17, 15) is 0 Å². The molecule has 0 aromatic heterocycles. The predicted octanol–water partition coefficient (Wildman–Crippen LogP) is 8.27. The van der Waals surface area contributed by atoms with Crippen molar-refractivity contribution in [2.45, 2.75) is 105 Å². The first-order valence-corrected chi connectivity index (χ1v) is 12.5. The molecule has 0 aromatic carbocycles. The largest absolute Gasteiger partial charge is 0.0880 e. The summed E-state index contributed by atoms with van der Waals surface area (Å²) in [4.78, 5) is 0. The smallest absolute Gasteiger partial charge is 0.0264 e. The molecule has 0 heterocycles. The first-order valence-electron chi connectivity index (χ1n) is 12.5. The summed E-state index contributed by atoms with van der Waals surface area (Å²) in [5.41, 5.74) is 1.34. The van der Waals surface area contributed by atoms with Crippen molar-refractivity contribution in [2.24, 2.45) is 52.3 Å². The monoisotopic (exact) mass is 370 g/mol. The number of hydrogen-bond donors (Lipinski definition) is 0. The highest BCUT2D eigenvalue weighted by Gasteiger charge is 2.59. The van der Waals surface area contributed by atoms with Crippen LogP contribution in [0.15, 0.2) is 12.2 Å². The van der Waals surface area contributed by atoms with Crippen LogP contribution in [0.4, 0.5) is 0 Å². The summed E-state index contributed by atoms with van der Waals surface area (Å²) >= 11 is 0. The van der Waals surface area contributed by atoms with E-state index in [1.54, 1.807) is 38.5 Å². The first-order chi connectivity index (χ1) is 12.9. The summed E-state index contributed by atoms with van der Waals surface area (Å²) in [6.45, 7) is 12.6. The lowest BCUT2D eigenvalue weighted by atomic mass is 9.44. The third kappa shape index (κ3) is 3.36. The molecule has 8 atom stereocenters. The van der Waals surface area contributed by atoms with Gasteiger partial charge in [0, 0.05) is 0 Å². The molecule has 0 spiro atoms. The van der Waals surface area contributed by atoms with E-state index in [0.29, 0.717) is 16.7 Å². The number of hydrogen-bond acceptors (Lipinski definition) is 0. The second-order valence-electron chi connectivity index (χ2n) is 12.0. The van der Waals surface area contributed by atoms with Crippen molar-refractivity contribution < 1.29 is 0 Å². The number of rotatable bonds is 4. The van der Waals surface area contributed by atoms with Crippen molar-refractivity contribution in [1.82, 2.24) is 0 Å². The van der Waals surface area contributed by atoms with Gasteiger partial charge < -0.3 is 0 Å². The standard InChI is InChI=1S/C27H46/c1-19(2)9-8-10-20(3)23-14-15-24-22-13-12-21-11-6-7-17-26(21,4)25(22)16-18-27(23,24)5/h8-9,19-25H,6-7,10-18H2,1-5H3/b9-8-/t20-,21?,22+,23-,24+,25+,26+,27-/m1/s1. The summed E-state index contributed by atoms with van der Waals surface area (Å²) in [7, 11) is 0. The van der Waals surface area contributed by atoms with Gasteiger partial charge in [-0.1, -0.05) is 59.6 Å². The highest BCUT2D eigenvalue weighted by atomic mass is 14.6. The van der Waals surface area contributed by atoms with Crippen molar-refractivity contribution in [3.8, 4) is 0 Å². The van der Waals surface area contributed by atoms with Crippen LogP contribution in [-0.2, 0) is 0 Å². The van der Waals surface area contributed by atoms with Gasteiger partial charge in [-0.15, -0.1) is 0 Å². The lowest BCUT2D eigenvalue weighted by molar-refractivity contribution is -0.114. The molecule has 4 aliphatic rings. The van der Waals surface area contributed by atoms with E-state index in [0.717, 1.165) is 35.5 Å². The van der Waals surface area contributed by atoms with Gasteiger partial charge in [-0.3, -0.25) is 0 Å². The van der Waals surface area contributed by atoms with Gasteiger partial charge in [-0.25, -0.2) is 0 Å². The Kier molecular flexibility index (Phi) is 5.59. The second kappa shape index (κ2) is 7.53. The van der Waals surface area contributed by atoms with E-state index in [2.05, 4.69) is 46.8 Å². The van der Waals surface area contributed by atoms with Crippen LogP contribution in [0.2, 0.25) is 0 Å². The maximum atomic E-state index is 2.73. The second-order valence-corrected chi connectivity index (χ2v) is 12.0. The Balaban J connectivity index is 1.49. The molecule has 154 valence electrons. The SMILES string of the molecule is CC(C)/C=C\C[C@@H](C)[C@H]1CC[C@H]2[C@@H]3CCC4CCCC[C@]4(C)[C@H]3CC[C@]12C. The molecule has 4 aliphatic carbocycles. The van der Waals surface area contributed by atoms with Crippen molar-refractivity contribution in [1.29, 1.82) is 0 Å². The van der Waals surface area contributed by atoms with Crippen molar-refractivity contribution >= 4 is 0 Å². The van der Waals surface area contributed by atoms with Gasteiger partial charge in [0.1, 0.15) is 0 Å². The van der Waals surface area contributed by atoms with Crippen molar-refractivity contribution in [3.63, 3.8) is 0 Å². The highest BCUT2D eigenvalue weighted by Crippen LogP contribution is 2.68. The summed E-state index contributed by atoms with van der Waals surface area (Å²) in [6, 6.07) is 0. The molecule has 0 heteroatoms. The Bertz CT molecular complexity index is 544. The van der Waals surface area contributed by atoms with Crippen LogP contribution in [0.25, 0.3) is 0 Å². The topological polar surface area (TPSA) is 0 Å². The van der Waals surface area contributed by atoms with Crippen molar-refractivity contribution in [3.05, 3.63) is 12.2 Å². The van der Waals surface area contributed by atoms with Crippen LogP contribution in [0.1, 0.15) is 105 Å². The van der Waals surface area contributed by atoms with E-state index in [-0.39, 0.29) is 0 Å². The third-order valence-electron chi connectivity index (χ3n) is 10.4. The third-order valence-corrected chi connectivity index (χ3v) is 10.4. The molecule has 1 unspecified atom stereocenters. The highest BCUT2D eigenvalue weighted by molar-refractivity contribution is 5.09. The molecule has 0 aromatic rings. The van der Waals surface area contributed by atoms with Gasteiger partial charge >= 0.3 is 0 Å². The van der Waals surface area contributed by atoms with E-state index in [1.165, 1.54) is 32.1 Å². The number of fused-ring (bicyclic) bond motifs is 5. The maximum Gasteiger partial charge on any atom is -0.0264 e. The number of allylic oxidation sites excluding steroid dienone is 2. The minimum Gasteiger partial charge on any atom is -0.0880 e. The van der Waals surface area contributed by atoms with Crippen molar-refractivity contribution in [2.75, 3.05) is 0 Å². The molecular weight excluding hydrogens is 324 g/mol. The molecule has 0 saturated heterocycles. The predicted molar refractivity (Wildman–Crippen MR) is 118 cm³/mol. The Morgan fingerprint density at radius 1 is 0.815 bits per heavy atom. The zero-order valence-corrected chi connectivity index (χ0v) is 19.0. The zero-order chi connectivity index (χ0) is 19.2. The minimum absolute atomic E-state index is 0.643. The van der Waals surface area contributed by atoms with Gasteiger partial charge in [0.15, 0.2) is 0 Å². The fourth-order valence-electron chi connectivity index (χ4n) is 9.00. The molecule has 0 nitrogen and oxygen atoms in total. The Labute approximate surface area is 170 Å². The molecule has 0 bridgehead atoms. The van der Waals surface area contributed by atoms with Gasteiger partial charge in [-0.2, -0.15) is 0 Å². The molecule has 4 saturated carbocycles. The molecule has 27 heavy (non-hydrogen) atoms. The maximum absolute atomic E-state index is 2.73. The summed E-state index contributed by atoms with van der Waals surface area (Å²) in [6.07, 6.45) is 21.6. The average Bonchev–Trinajstić information content (AvgIpc) is 2.98. The van der Waals surface area contributed by atoms with E-state index in [1.807, 2.05) is 0 Å². The minimum atomic E-state index is 0.643. The van der Waals surface area contributed by atoms with Gasteiger partial charge in [0.2, 0.25) is 0 Å². The van der Waals surface area contributed by atoms with Crippen LogP contribution < -0.4 is 0 Å².